The van der Waals surface area contributed by atoms with Crippen molar-refractivity contribution in [1.29, 1.82) is 0 Å². The Morgan fingerprint density at radius 2 is 1.95 bits per heavy atom. The Morgan fingerprint density at radius 3 is 2.57 bits per heavy atom. The lowest BCUT2D eigenvalue weighted by atomic mass is 10.0. The van der Waals surface area contributed by atoms with Crippen LogP contribution in [0.1, 0.15) is 30.0 Å². The maximum atomic E-state index is 9.84. The smallest absolute Gasteiger partial charge is 0.160 e. The zero-order valence-electron chi connectivity index (χ0n) is 12.3. The van der Waals surface area contributed by atoms with E-state index in [-0.39, 0.29) is 5.75 Å². The van der Waals surface area contributed by atoms with Crippen LogP contribution in [-0.2, 0) is 6.54 Å². The van der Waals surface area contributed by atoms with Crippen molar-refractivity contribution in [3.8, 4) is 11.5 Å². The predicted molar refractivity (Wildman–Crippen MR) is 83.4 cm³/mol. The summed E-state index contributed by atoms with van der Waals surface area (Å²) in [6.07, 6.45) is 2.58. The molecule has 0 aromatic heterocycles. The maximum Gasteiger partial charge on any atom is 0.160 e. The van der Waals surface area contributed by atoms with Crippen molar-refractivity contribution >= 4 is 0 Å². The summed E-state index contributed by atoms with van der Waals surface area (Å²) >= 11 is 0. The van der Waals surface area contributed by atoms with Gasteiger partial charge in [0.05, 0.1) is 7.11 Å². The Hall–Kier alpha value is -2.00. The fraction of sp³-hybridized carbons (Fsp3) is 0.333. The predicted octanol–water partition coefficient (Wildman–Crippen LogP) is 3.64. The van der Waals surface area contributed by atoms with E-state index in [4.69, 9.17) is 4.74 Å². The number of ether oxygens (including phenoxy) is 1. The fourth-order valence-electron chi connectivity index (χ4n) is 2.72. The first-order valence-electron chi connectivity index (χ1n) is 7.42. The molecular weight excluding hydrogens is 262 g/mol. The Labute approximate surface area is 125 Å². The van der Waals surface area contributed by atoms with Gasteiger partial charge in [-0.1, -0.05) is 36.4 Å². The first-order valence-corrected chi connectivity index (χ1v) is 7.42. The summed E-state index contributed by atoms with van der Waals surface area (Å²) < 4.78 is 5.07. The molecule has 1 aliphatic rings. The molecule has 21 heavy (non-hydrogen) atoms. The van der Waals surface area contributed by atoms with Gasteiger partial charge in [-0.2, -0.15) is 0 Å². The van der Waals surface area contributed by atoms with Crippen molar-refractivity contribution in [3.63, 3.8) is 0 Å². The second-order valence-corrected chi connectivity index (χ2v) is 5.61. The molecule has 0 bridgehead atoms. The van der Waals surface area contributed by atoms with Crippen molar-refractivity contribution in [2.45, 2.75) is 25.4 Å². The van der Waals surface area contributed by atoms with Gasteiger partial charge in [0, 0.05) is 12.6 Å². The number of methoxy groups -OCH3 is 1. The minimum atomic E-state index is 0.194. The summed E-state index contributed by atoms with van der Waals surface area (Å²) in [6.45, 7) is 0.744. The number of benzene rings is 2. The lowest BCUT2D eigenvalue weighted by molar-refractivity contribution is 0.372. The third kappa shape index (κ3) is 3.37. The molecule has 0 spiro atoms. The highest BCUT2D eigenvalue weighted by atomic mass is 16.5. The van der Waals surface area contributed by atoms with E-state index in [1.165, 1.54) is 18.4 Å². The van der Waals surface area contributed by atoms with Gasteiger partial charge in [0.2, 0.25) is 0 Å². The third-order valence-electron chi connectivity index (χ3n) is 4.02. The quantitative estimate of drug-likeness (QED) is 0.850. The Kier molecular flexibility index (Phi) is 4.11. The van der Waals surface area contributed by atoms with Crippen LogP contribution < -0.4 is 10.1 Å². The summed E-state index contributed by atoms with van der Waals surface area (Å²) in [5.41, 5.74) is 2.41. The molecule has 1 fully saturated rings. The average Bonchev–Trinajstić information content (AvgIpc) is 3.34. The van der Waals surface area contributed by atoms with Crippen molar-refractivity contribution in [2.24, 2.45) is 5.92 Å². The SMILES string of the molecule is COc1ccc(CNC(c2ccccc2)C2CC2)cc1O. The highest BCUT2D eigenvalue weighted by Gasteiger charge is 2.31. The molecule has 0 aliphatic heterocycles. The number of phenols is 1. The van der Waals surface area contributed by atoms with Crippen molar-refractivity contribution in [2.75, 3.05) is 7.11 Å². The monoisotopic (exact) mass is 283 g/mol. The van der Waals surface area contributed by atoms with E-state index in [2.05, 4.69) is 35.6 Å². The van der Waals surface area contributed by atoms with Crippen molar-refractivity contribution in [3.05, 3.63) is 59.7 Å². The van der Waals surface area contributed by atoms with Crippen LogP contribution in [-0.4, -0.2) is 12.2 Å². The van der Waals surface area contributed by atoms with E-state index in [1.807, 2.05) is 6.07 Å². The Balaban J connectivity index is 1.69. The molecular formula is C18H21NO2. The first-order chi connectivity index (χ1) is 10.3. The fourth-order valence-corrected chi connectivity index (χ4v) is 2.72. The molecule has 3 nitrogen and oxygen atoms in total. The minimum absolute atomic E-state index is 0.194. The lowest BCUT2D eigenvalue weighted by Crippen LogP contribution is -2.22. The van der Waals surface area contributed by atoms with Crippen LogP contribution in [0.2, 0.25) is 0 Å². The second kappa shape index (κ2) is 6.19. The van der Waals surface area contributed by atoms with Gasteiger partial charge in [-0.15, -0.1) is 0 Å². The van der Waals surface area contributed by atoms with Gasteiger partial charge >= 0.3 is 0 Å². The van der Waals surface area contributed by atoms with Crippen molar-refractivity contribution < 1.29 is 9.84 Å². The van der Waals surface area contributed by atoms with Gasteiger partial charge in [0.25, 0.3) is 0 Å². The molecule has 0 heterocycles. The summed E-state index contributed by atoms with van der Waals surface area (Å²) in [7, 11) is 1.56. The van der Waals surface area contributed by atoms with E-state index in [0.29, 0.717) is 11.8 Å². The standard InChI is InChI=1S/C18H21NO2/c1-21-17-10-7-13(11-16(17)20)12-19-18(15-8-9-15)14-5-3-2-4-6-14/h2-7,10-11,15,18-20H,8-9,12H2,1H3. The second-order valence-electron chi connectivity index (χ2n) is 5.61. The maximum absolute atomic E-state index is 9.84. The first kappa shape index (κ1) is 14.0. The zero-order chi connectivity index (χ0) is 14.7. The van der Waals surface area contributed by atoms with Crippen LogP contribution in [0, 0.1) is 5.92 Å². The third-order valence-corrected chi connectivity index (χ3v) is 4.02. The molecule has 1 unspecified atom stereocenters. The van der Waals surface area contributed by atoms with Crippen LogP contribution >= 0.6 is 0 Å². The summed E-state index contributed by atoms with van der Waals surface area (Å²) in [5, 5.41) is 13.5. The highest BCUT2D eigenvalue weighted by molar-refractivity contribution is 5.41. The molecule has 2 N–H and O–H groups in total. The van der Waals surface area contributed by atoms with E-state index in [1.54, 1.807) is 19.2 Å². The molecule has 3 rings (SSSR count). The number of nitrogens with one attached hydrogen (secondary N) is 1. The summed E-state index contributed by atoms with van der Waals surface area (Å²) in [5.74, 6) is 1.44. The van der Waals surface area contributed by atoms with Crippen molar-refractivity contribution in [1.82, 2.24) is 5.32 Å². The number of aromatic hydroxyl groups is 1. The molecule has 2 aromatic rings. The van der Waals surface area contributed by atoms with Gasteiger partial charge in [-0.3, -0.25) is 0 Å². The normalized spacial score (nSPS) is 15.7. The van der Waals surface area contributed by atoms with Gasteiger partial charge in [0.15, 0.2) is 11.5 Å². The van der Waals surface area contributed by atoms with Gasteiger partial charge in [0.1, 0.15) is 0 Å². The van der Waals surface area contributed by atoms with Crippen LogP contribution in [0.25, 0.3) is 0 Å². The molecule has 110 valence electrons. The highest BCUT2D eigenvalue weighted by Crippen LogP contribution is 2.41. The lowest BCUT2D eigenvalue weighted by Gasteiger charge is -2.19. The van der Waals surface area contributed by atoms with Gasteiger partial charge in [-0.05, 0) is 42.0 Å². The largest absolute Gasteiger partial charge is 0.504 e. The van der Waals surface area contributed by atoms with Crippen LogP contribution in [0.5, 0.6) is 11.5 Å². The molecule has 1 aliphatic carbocycles. The van der Waals surface area contributed by atoms with Crippen LogP contribution in [0.3, 0.4) is 0 Å². The zero-order valence-corrected chi connectivity index (χ0v) is 12.3. The molecule has 2 aromatic carbocycles. The number of rotatable bonds is 6. The average molecular weight is 283 g/mol. The van der Waals surface area contributed by atoms with E-state index in [9.17, 15) is 5.11 Å². The molecule has 3 heteroatoms. The van der Waals surface area contributed by atoms with E-state index >= 15 is 0 Å². The Bertz CT molecular complexity index is 593. The van der Waals surface area contributed by atoms with Gasteiger partial charge in [-0.25, -0.2) is 0 Å². The Morgan fingerprint density at radius 1 is 1.19 bits per heavy atom. The molecule has 0 saturated heterocycles. The van der Waals surface area contributed by atoms with Gasteiger partial charge < -0.3 is 15.2 Å². The molecule has 0 radical (unpaired) electrons. The number of phenolic OH excluding ortho intramolecular Hbond substituents is 1. The summed E-state index contributed by atoms with van der Waals surface area (Å²) in [6, 6.07) is 16.5. The molecule has 1 atom stereocenters. The van der Waals surface area contributed by atoms with Crippen LogP contribution in [0.4, 0.5) is 0 Å². The van der Waals surface area contributed by atoms with E-state index in [0.717, 1.165) is 18.0 Å². The topological polar surface area (TPSA) is 41.5 Å². The number of hydrogen-bond acceptors (Lipinski definition) is 3. The van der Waals surface area contributed by atoms with Crippen LogP contribution in [0.15, 0.2) is 48.5 Å². The summed E-state index contributed by atoms with van der Waals surface area (Å²) in [4.78, 5) is 0. The molecule has 1 saturated carbocycles. The molecule has 0 amide bonds. The minimum Gasteiger partial charge on any atom is -0.504 e. The number of hydrogen-bond donors (Lipinski definition) is 2. The van der Waals surface area contributed by atoms with E-state index < -0.39 is 0 Å².